The molecule has 3 rings (SSSR count). The molecule has 1 fully saturated rings. The highest BCUT2D eigenvalue weighted by atomic mass is 16.2. The van der Waals surface area contributed by atoms with Crippen molar-refractivity contribution in [1.29, 1.82) is 0 Å². The highest BCUT2D eigenvalue weighted by Gasteiger charge is 2.26. The van der Waals surface area contributed by atoms with E-state index in [-0.39, 0.29) is 24.5 Å². The van der Waals surface area contributed by atoms with Gasteiger partial charge in [-0.1, -0.05) is 11.8 Å². The average molecular weight is 310 g/mol. The number of aromatic nitrogens is 2. The molecule has 116 valence electrons. The summed E-state index contributed by atoms with van der Waals surface area (Å²) in [5.74, 6) is 6.02. The maximum Gasteiger partial charge on any atom is 0.329 e. The maximum absolute atomic E-state index is 12.0. The number of hydrogen-bond acceptors (Lipinski definition) is 4. The normalized spacial score (nSPS) is 14.4. The fraction of sp³-hybridized carbons (Fsp3) is 0.250. The van der Waals surface area contributed by atoms with Crippen LogP contribution in [0.5, 0.6) is 0 Å². The lowest BCUT2D eigenvalue weighted by Gasteiger charge is -2.25. The Morgan fingerprint density at radius 2 is 2.26 bits per heavy atom. The number of urea groups is 1. The Labute approximate surface area is 132 Å². The van der Waals surface area contributed by atoms with Gasteiger partial charge in [0.1, 0.15) is 11.6 Å². The second-order valence-electron chi connectivity index (χ2n) is 5.17. The van der Waals surface area contributed by atoms with Gasteiger partial charge in [-0.05, 0) is 19.1 Å². The van der Waals surface area contributed by atoms with Crippen molar-refractivity contribution in [1.82, 2.24) is 14.7 Å². The highest BCUT2D eigenvalue weighted by Crippen LogP contribution is 2.20. The first kappa shape index (κ1) is 14.8. The van der Waals surface area contributed by atoms with Gasteiger partial charge in [-0.15, -0.1) is 0 Å². The minimum atomic E-state index is -0.462. The molecule has 0 atom stereocenters. The van der Waals surface area contributed by atoms with Crippen molar-refractivity contribution in [2.75, 3.05) is 11.4 Å². The van der Waals surface area contributed by atoms with Crippen molar-refractivity contribution < 1.29 is 14.4 Å². The second kappa shape index (κ2) is 5.93. The Balaban J connectivity index is 1.98. The monoisotopic (exact) mass is 310 g/mol. The first-order chi connectivity index (χ1) is 11.1. The van der Waals surface area contributed by atoms with Crippen LogP contribution in [0.25, 0.3) is 5.65 Å². The van der Waals surface area contributed by atoms with Crippen molar-refractivity contribution in [3.05, 3.63) is 30.1 Å². The van der Waals surface area contributed by atoms with Crippen LogP contribution in [0.4, 0.5) is 10.6 Å². The van der Waals surface area contributed by atoms with Crippen molar-refractivity contribution in [2.24, 2.45) is 0 Å². The van der Waals surface area contributed by atoms with Gasteiger partial charge in [-0.25, -0.2) is 9.78 Å². The molecule has 1 aliphatic rings. The van der Waals surface area contributed by atoms with Gasteiger partial charge in [0.25, 0.3) is 0 Å². The fourth-order valence-corrected chi connectivity index (χ4v) is 2.34. The van der Waals surface area contributed by atoms with E-state index in [0.717, 1.165) is 0 Å². The number of fused-ring (bicyclic) bond motifs is 1. The topological polar surface area (TPSA) is 83.8 Å². The summed E-state index contributed by atoms with van der Waals surface area (Å²) in [5.41, 5.74) is 1.27. The summed E-state index contributed by atoms with van der Waals surface area (Å²) < 4.78 is 1.74. The smallest absolute Gasteiger partial charge is 0.299 e. The molecule has 2 aromatic rings. The predicted molar refractivity (Wildman–Crippen MR) is 82.9 cm³/mol. The van der Waals surface area contributed by atoms with Gasteiger partial charge >= 0.3 is 6.03 Å². The van der Waals surface area contributed by atoms with Crippen molar-refractivity contribution in [3.8, 4) is 11.8 Å². The number of carbonyl (C=O) groups excluding carboxylic acids is 3. The zero-order valence-corrected chi connectivity index (χ0v) is 12.5. The van der Waals surface area contributed by atoms with Gasteiger partial charge < -0.3 is 0 Å². The summed E-state index contributed by atoms with van der Waals surface area (Å²) >= 11 is 0. The van der Waals surface area contributed by atoms with E-state index in [9.17, 15) is 14.4 Å². The van der Waals surface area contributed by atoms with Gasteiger partial charge in [0.05, 0.1) is 18.2 Å². The molecule has 7 nitrogen and oxygen atoms in total. The molecule has 2 aromatic heterocycles. The fourth-order valence-electron chi connectivity index (χ4n) is 2.34. The Bertz CT molecular complexity index is 872. The summed E-state index contributed by atoms with van der Waals surface area (Å²) in [6.45, 7) is 1.79. The molecule has 1 aliphatic heterocycles. The average Bonchev–Trinajstić information content (AvgIpc) is 2.92. The molecule has 0 aromatic carbocycles. The van der Waals surface area contributed by atoms with Crippen molar-refractivity contribution >= 4 is 29.2 Å². The van der Waals surface area contributed by atoms with Crippen LogP contribution in [0.1, 0.15) is 25.3 Å². The molecular weight excluding hydrogens is 296 g/mol. The van der Waals surface area contributed by atoms with Gasteiger partial charge in [-0.2, -0.15) is 0 Å². The quantitative estimate of drug-likeness (QED) is 0.842. The molecule has 0 saturated carbocycles. The third-order valence-corrected chi connectivity index (χ3v) is 3.41. The summed E-state index contributed by atoms with van der Waals surface area (Å²) in [4.78, 5) is 40.0. The zero-order chi connectivity index (χ0) is 16.4. The van der Waals surface area contributed by atoms with Crippen LogP contribution in [-0.2, 0) is 9.59 Å². The van der Waals surface area contributed by atoms with Gasteiger partial charge in [0, 0.05) is 19.2 Å². The first-order valence-corrected chi connectivity index (χ1v) is 7.12. The molecule has 0 spiro atoms. The molecule has 0 aliphatic carbocycles. The Kier molecular flexibility index (Phi) is 3.81. The van der Waals surface area contributed by atoms with Crippen LogP contribution in [0.15, 0.2) is 24.5 Å². The van der Waals surface area contributed by atoms with E-state index in [0.29, 0.717) is 23.6 Å². The highest BCUT2D eigenvalue weighted by molar-refractivity contribution is 6.05. The summed E-state index contributed by atoms with van der Waals surface area (Å²) in [6.07, 6.45) is 3.78. The van der Waals surface area contributed by atoms with Crippen LogP contribution in [0.2, 0.25) is 0 Å². The third-order valence-electron chi connectivity index (χ3n) is 3.41. The van der Waals surface area contributed by atoms with Crippen molar-refractivity contribution in [2.45, 2.75) is 19.8 Å². The number of nitrogens with zero attached hydrogens (tertiary/aromatic N) is 3. The lowest BCUT2D eigenvalue weighted by atomic mass is 10.2. The van der Waals surface area contributed by atoms with E-state index >= 15 is 0 Å². The third kappa shape index (κ3) is 2.92. The van der Waals surface area contributed by atoms with E-state index in [2.05, 4.69) is 22.1 Å². The molecule has 0 radical (unpaired) electrons. The molecule has 0 unspecified atom stereocenters. The lowest BCUT2D eigenvalue weighted by Crippen LogP contribution is -2.50. The number of carbonyl (C=O) groups is 3. The van der Waals surface area contributed by atoms with Gasteiger partial charge in [0.2, 0.25) is 5.91 Å². The molecule has 0 bridgehead atoms. The van der Waals surface area contributed by atoms with E-state index in [1.54, 1.807) is 28.9 Å². The predicted octanol–water partition coefficient (Wildman–Crippen LogP) is 1.11. The van der Waals surface area contributed by atoms with E-state index in [4.69, 9.17) is 0 Å². The molecule has 1 N–H and O–H groups in total. The molecule has 3 heterocycles. The van der Waals surface area contributed by atoms with E-state index < -0.39 is 6.03 Å². The van der Waals surface area contributed by atoms with Crippen LogP contribution < -0.4 is 10.2 Å². The van der Waals surface area contributed by atoms with Crippen LogP contribution in [0.3, 0.4) is 0 Å². The number of amides is 3. The number of ketones is 1. The zero-order valence-electron chi connectivity index (χ0n) is 12.5. The summed E-state index contributed by atoms with van der Waals surface area (Å²) in [5, 5.41) is 2.29. The number of nitrogens with one attached hydrogen (secondary N) is 1. The standard InChI is InChI=1S/C16H14N4O3/c1-11(21)4-2-5-12-6-3-8-19-14(10-17-15(12)19)20-9-7-13(22)18-16(20)23/h3,6,8,10H,4,7,9H2,1H3,(H,18,22,23). The number of Topliss-reactive ketones (excluding diaryl/α,β-unsaturated/α-hetero) is 1. The lowest BCUT2D eigenvalue weighted by molar-refractivity contribution is -0.120. The molecule has 3 amide bonds. The van der Waals surface area contributed by atoms with Gasteiger partial charge in [0.15, 0.2) is 5.65 Å². The van der Waals surface area contributed by atoms with E-state index in [1.165, 1.54) is 11.8 Å². The Hall–Kier alpha value is -3.14. The number of rotatable bonds is 2. The number of anilines is 1. The second-order valence-corrected chi connectivity index (χ2v) is 5.17. The largest absolute Gasteiger partial charge is 0.329 e. The number of imide groups is 1. The molecular formula is C16H14N4O3. The maximum atomic E-state index is 12.0. The minimum Gasteiger partial charge on any atom is -0.299 e. The Morgan fingerprint density at radius 3 is 3.00 bits per heavy atom. The number of imidazole rings is 1. The number of pyridine rings is 1. The minimum absolute atomic E-state index is 0.00290. The first-order valence-electron chi connectivity index (χ1n) is 7.12. The molecule has 7 heteroatoms. The number of hydrogen-bond donors (Lipinski definition) is 1. The Morgan fingerprint density at radius 1 is 1.43 bits per heavy atom. The molecule has 1 saturated heterocycles. The summed E-state index contributed by atoms with van der Waals surface area (Å²) in [7, 11) is 0. The summed E-state index contributed by atoms with van der Waals surface area (Å²) in [6, 6.07) is 3.14. The van der Waals surface area contributed by atoms with Crippen LogP contribution in [0, 0.1) is 11.8 Å². The van der Waals surface area contributed by atoms with Crippen molar-refractivity contribution in [3.63, 3.8) is 0 Å². The van der Waals surface area contributed by atoms with E-state index in [1.807, 2.05) is 0 Å². The SMILES string of the molecule is CC(=O)CC#Cc1cccn2c(N3CCC(=O)NC3=O)cnc12. The van der Waals surface area contributed by atoms with Gasteiger partial charge in [-0.3, -0.25) is 24.2 Å². The van der Waals surface area contributed by atoms with Crippen LogP contribution in [-0.4, -0.2) is 33.7 Å². The molecule has 23 heavy (non-hydrogen) atoms. The van der Waals surface area contributed by atoms with Crippen LogP contribution >= 0.6 is 0 Å².